The van der Waals surface area contributed by atoms with Crippen LogP contribution >= 0.6 is 0 Å². The van der Waals surface area contributed by atoms with Gasteiger partial charge in [0.1, 0.15) is 0 Å². The zero-order chi connectivity index (χ0) is 15.0. The molecule has 1 aliphatic heterocycles. The Balaban J connectivity index is 2.10. The predicted octanol–water partition coefficient (Wildman–Crippen LogP) is 0.744. The normalized spacial score (nSPS) is 13.5. The maximum Gasteiger partial charge on any atom is 0.268 e. The molecule has 2 heterocycles. The number of fused-ring (bicyclic) bond motifs is 1. The first kappa shape index (κ1) is 13.2. The molecule has 0 bridgehead atoms. The van der Waals surface area contributed by atoms with Gasteiger partial charge in [-0.3, -0.25) is 9.59 Å². The van der Waals surface area contributed by atoms with E-state index in [1.807, 2.05) is 0 Å². The first-order valence-electron chi connectivity index (χ1n) is 6.25. The zero-order valence-corrected chi connectivity index (χ0v) is 11.2. The average Bonchev–Trinajstić information content (AvgIpc) is 2.78. The highest BCUT2D eigenvalue weighted by molar-refractivity contribution is 6.33. The lowest BCUT2D eigenvalue weighted by molar-refractivity contribution is 0.0923. The van der Waals surface area contributed by atoms with Crippen LogP contribution in [-0.2, 0) is 6.54 Å². The van der Waals surface area contributed by atoms with Crippen molar-refractivity contribution >= 4 is 17.8 Å². The third-order valence-corrected chi connectivity index (χ3v) is 3.16. The molecular formula is C14H12N4O3. The molecule has 0 saturated carbocycles. The SMILES string of the molecule is COc1cc(CN)nc(N2C(=O)c3ccccc3C2=O)n1. The first-order valence-corrected chi connectivity index (χ1v) is 6.25. The van der Waals surface area contributed by atoms with E-state index in [0.29, 0.717) is 16.8 Å². The topological polar surface area (TPSA) is 98.4 Å². The highest BCUT2D eigenvalue weighted by Crippen LogP contribution is 2.27. The highest BCUT2D eigenvalue weighted by Gasteiger charge is 2.38. The molecule has 2 amide bonds. The largest absolute Gasteiger partial charge is 0.481 e. The summed E-state index contributed by atoms with van der Waals surface area (Å²) in [5.74, 6) is -0.684. The van der Waals surface area contributed by atoms with Gasteiger partial charge in [0.15, 0.2) is 0 Å². The molecule has 1 aliphatic rings. The highest BCUT2D eigenvalue weighted by atomic mass is 16.5. The molecule has 0 fully saturated rings. The maximum absolute atomic E-state index is 12.4. The molecule has 0 aliphatic carbocycles. The Morgan fingerprint density at radius 1 is 1.14 bits per heavy atom. The molecule has 0 radical (unpaired) electrons. The van der Waals surface area contributed by atoms with Crippen molar-refractivity contribution in [2.24, 2.45) is 5.73 Å². The number of carbonyl (C=O) groups is 2. The number of methoxy groups -OCH3 is 1. The summed E-state index contributed by atoms with van der Waals surface area (Å²) < 4.78 is 5.05. The first-order chi connectivity index (χ1) is 10.2. The molecule has 2 N–H and O–H groups in total. The van der Waals surface area contributed by atoms with Crippen LogP contribution in [0.2, 0.25) is 0 Å². The van der Waals surface area contributed by atoms with Crippen molar-refractivity contribution in [2.75, 3.05) is 12.0 Å². The van der Waals surface area contributed by atoms with Gasteiger partial charge in [0.25, 0.3) is 11.8 Å². The number of hydrogen-bond donors (Lipinski definition) is 1. The number of ether oxygens (including phenoxy) is 1. The van der Waals surface area contributed by atoms with Crippen molar-refractivity contribution in [3.63, 3.8) is 0 Å². The third kappa shape index (κ3) is 2.03. The minimum atomic E-state index is -0.452. The van der Waals surface area contributed by atoms with Crippen LogP contribution in [0.3, 0.4) is 0 Å². The Bertz CT molecular complexity index is 687. The summed E-state index contributed by atoms with van der Waals surface area (Å²) in [7, 11) is 1.44. The monoisotopic (exact) mass is 284 g/mol. The van der Waals surface area contributed by atoms with Crippen molar-refractivity contribution in [2.45, 2.75) is 6.54 Å². The van der Waals surface area contributed by atoms with Crippen LogP contribution in [0.15, 0.2) is 30.3 Å². The Hall–Kier alpha value is -2.80. The van der Waals surface area contributed by atoms with Gasteiger partial charge < -0.3 is 10.5 Å². The Morgan fingerprint density at radius 2 is 1.76 bits per heavy atom. The molecule has 0 unspecified atom stereocenters. The molecule has 7 heteroatoms. The van der Waals surface area contributed by atoms with Gasteiger partial charge >= 0.3 is 0 Å². The summed E-state index contributed by atoms with van der Waals surface area (Å²) in [4.78, 5) is 33.9. The van der Waals surface area contributed by atoms with E-state index in [1.54, 1.807) is 30.3 Å². The second-order valence-corrected chi connectivity index (χ2v) is 4.40. The van der Waals surface area contributed by atoms with Gasteiger partial charge in [0.05, 0.1) is 23.9 Å². The summed E-state index contributed by atoms with van der Waals surface area (Å²) in [5, 5.41) is 0. The van der Waals surface area contributed by atoms with Crippen LogP contribution in [0.25, 0.3) is 0 Å². The van der Waals surface area contributed by atoms with E-state index in [2.05, 4.69) is 9.97 Å². The lowest BCUT2D eigenvalue weighted by atomic mass is 10.1. The molecule has 1 aromatic carbocycles. The molecule has 0 spiro atoms. The number of imide groups is 1. The van der Waals surface area contributed by atoms with Gasteiger partial charge in [-0.1, -0.05) is 12.1 Å². The summed E-state index contributed by atoms with van der Waals surface area (Å²) >= 11 is 0. The number of benzene rings is 1. The number of amides is 2. The van der Waals surface area contributed by atoms with E-state index >= 15 is 0 Å². The maximum atomic E-state index is 12.4. The second-order valence-electron chi connectivity index (χ2n) is 4.40. The standard InChI is InChI=1S/C14H12N4O3/c1-21-11-6-8(7-15)16-14(17-11)18-12(19)9-4-2-3-5-10(9)13(18)20/h2-6H,7,15H2,1H3. The number of anilines is 1. The van der Waals surface area contributed by atoms with E-state index in [0.717, 1.165) is 4.90 Å². The van der Waals surface area contributed by atoms with Crippen LogP contribution in [0.4, 0.5) is 5.95 Å². The Morgan fingerprint density at radius 3 is 2.29 bits per heavy atom. The van der Waals surface area contributed by atoms with Gasteiger partial charge in [-0.15, -0.1) is 0 Å². The quantitative estimate of drug-likeness (QED) is 0.835. The number of hydrogen-bond acceptors (Lipinski definition) is 6. The summed E-state index contributed by atoms with van der Waals surface area (Å²) in [5.41, 5.74) is 6.71. The fraction of sp³-hybridized carbons (Fsp3) is 0.143. The third-order valence-electron chi connectivity index (χ3n) is 3.16. The summed E-state index contributed by atoms with van der Waals surface area (Å²) in [6.07, 6.45) is 0. The molecule has 2 aromatic rings. The predicted molar refractivity (Wildman–Crippen MR) is 74.1 cm³/mol. The minimum Gasteiger partial charge on any atom is -0.481 e. The van der Waals surface area contributed by atoms with Crippen LogP contribution in [-0.4, -0.2) is 28.9 Å². The smallest absolute Gasteiger partial charge is 0.268 e. The molecule has 3 rings (SSSR count). The van der Waals surface area contributed by atoms with Crippen LogP contribution in [0.1, 0.15) is 26.4 Å². The van der Waals surface area contributed by atoms with Gasteiger partial charge in [0, 0.05) is 12.6 Å². The van der Waals surface area contributed by atoms with Crippen LogP contribution in [0.5, 0.6) is 5.88 Å². The molecule has 0 atom stereocenters. The summed E-state index contributed by atoms with van der Waals surface area (Å²) in [6, 6.07) is 8.15. The lowest BCUT2D eigenvalue weighted by Gasteiger charge is -2.13. The van der Waals surface area contributed by atoms with E-state index in [4.69, 9.17) is 10.5 Å². The Kier molecular flexibility index (Phi) is 3.11. The molecule has 106 valence electrons. The van der Waals surface area contributed by atoms with E-state index in [1.165, 1.54) is 7.11 Å². The van der Waals surface area contributed by atoms with Crippen LogP contribution < -0.4 is 15.4 Å². The fourth-order valence-electron chi connectivity index (χ4n) is 2.14. The molecule has 21 heavy (non-hydrogen) atoms. The average molecular weight is 284 g/mol. The van der Waals surface area contributed by atoms with E-state index in [-0.39, 0.29) is 18.4 Å². The van der Waals surface area contributed by atoms with Crippen LogP contribution in [0, 0.1) is 0 Å². The van der Waals surface area contributed by atoms with Crippen molar-refractivity contribution in [3.05, 3.63) is 47.2 Å². The number of rotatable bonds is 3. The summed E-state index contributed by atoms with van der Waals surface area (Å²) in [6.45, 7) is 0.148. The Labute approximate surface area is 120 Å². The second kappa shape index (κ2) is 4.95. The van der Waals surface area contributed by atoms with Gasteiger partial charge in [-0.25, -0.2) is 9.88 Å². The van der Waals surface area contributed by atoms with Gasteiger partial charge in [0.2, 0.25) is 11.8 Å². The number of nitrogens with zero attached hydrogens (tertiary/aromatic N) is 3. The van der Waals surface area contributed by atoms with E-state index < -0.39 is 11.8 Å². The molecular weight excluding hydrogens is 272 g/mol. The van der Waals surface area contributed by atoms with Gasteiger partial charge in [-0.05, 0) is 12.1 Å². The van der Waals surface area contributed by atoms with E-state index in [9.17, 15) is 9.59 Å². The zero-order valence-electron chi connectivity index (χ0n) is 11.2. The van der Waals surface area contributed by atoms with Crippen molar-refractivity contribution in [1.29, 1.82) is 0 Å². The van der Waals surface area contributed by atoms with Crippen molar-refractivity contribution < 1.29 is 14.3 Å². The number of aromatic nitrogens is 2. The molecule has 1 aromatic heterocycles. The molecule has 7 nitrogen and oxygen atoms in total. The molecule has 0 saturated heterocycles. The lowest BCUT2D eigenvalue weighted by Crippen LogP contribution is -2.31. The fourth-order valence-corrected chi connectivity index (χ4v) is 2.14. The van der Waals surface area contributed by atoms with Gasteiger partial charge in [-0.2, -0.15) is 4.98 Å². The number of nitrogens with two attached hydrogens (primary N) is 1. The van der Waals surface area contributed by atoms with Crippen molar-refractivity contribution in [3.8, 4) is 5.88 Å². The number of carbonyl (C=O) groups excluding carboxylic acids is 2. The minimum absolute atomic E-state index is 0.0269. The van der Waals surface area contributed by atoms with Crippen molar-refractivity contribution in [1.82, 2.24) is 9.97 Å².